The molecule has 160 valence electrons. The maximum atomic E-state index is 13.0. The number of rotatable bonds is 3. The van der Waals surface area contributed by atoms with Crippen molar-refractivity contribution in [3.63, 3.8) is 0 Å². The van der Waals surface area contributed by atoms with Crippen molar-refractivity contribution < 1.29 is 14.4 Å². The number of hydrogen-bond acceptors (Lipinski definition) is 4. The predicted octanol–water partition coefficient (Wildman–Crippen LogP) is 3.46. The smallest absolute Gasteiger partial charge is 0.325 e. The van der Waals surface area contributed by atoms with Gasteiger partial charge in [-0.3, -0.25) is 14.5 Å². The summed E-state index contributed by atoms with van der Waals surface area (Å²) in [6.07, 6.45) is 3.01. The van der Waals surface area contributed by atoms with Crippen molar-refractivity contribution >= 4 is 41.6 Å². The Bertz CT molecular complexity index is 811. The van der Waals surface area contributed by atoms with Crippen LogP contribution in [0.15, 0.2) is 18.2 Å². The van der Waals surface area contributed by atoms with Gasteiger partial charge >= 0.3 is 6.03 Å². The van der Waals surface area contributed by atoms with Gasteiger partial charge in [-0.1, -0.05) is 26.8 Å². The fourth-order valence-corrected chi connectivity index (χ4v) is 4.24. The molecule has 7 nitrogen and oxygen atoms in total. The van der Waals surface area contributed by atoms with Gasteiger partial charge in [0.15, 0.2) is 0 Å². The van der Waals surface area contributed by atoms with Crippen LogP contribution in [0.5, 0.6) is 0 Å². The average Bonchev–Trinajstić information content (AvgIpc) is 2.82. The van der Waals surface area contributed by atoms with Crippen molar-refractivity contribution in [2.45, 2.75) is 58.9 Å². The quantitative estimate of drug-likeness (QED) is 0.512. The number of benzene rings is 1. The molecule has 0 unspecified atom stereocenters. The number of amides is 4. The van der Waals surface area contributed by atoms with E-state index in [4.69, 9.17) is 5.73 Å². The van der Waals surface area contributed by atoms with Crippen molar-refractivity contribution in [2.75, 3.05) is 17.6 Å². The van der Waals surface area contributed by atoms with E-state index in [0.717, 1.165) is 23.3 Å². The van der Waals surface area contributed by atoms with Gasteiger partial charge in [-0.2, -0.15) is 0 Å². The maximum absolute atomic E-state index is 13.0. The van der Waals surface area contributed by atoms with E-state index in [2.05, 4.69) is 31.4 Å². The minimum atomic E-state index is -0.855. The highest BCUT2D eigenvalue weighted by molar-refractivity contribution is 6.10. The first-order valence-corrected chi connectivity index (χ1v) is 9.82. The summed E-state index contributed by atoms with van der Waals surface area (Å²) in [7, 11) is 0. The minimum Gasteiger partial charge on any atom is -0.399 e. The molecule has 4 amide bonds. The molecule has 29 heavy (non-hydrogen) atoms. The van der Waals surface area contributed by atoms with Crippen LogP contribution < -0.4 is 16.4 Å². The number of hydrogen-bond donors (Lipinski definition) is 3. The SMILES string of the molecule is Cc1ccc(N)cc1NC(=O)CN1C(=O)NC2(CCC(C(C)(C)C)CC2)C1=O.Cl. The van der Waals surface area contributed by atoms with Gasteiger partial charge in [0.25, 0.3) is 5.91 Å². The molecule has 1 aliphatic heterocycles. The highest BCUT2D eigenvalue weighted by Crippen LogP contribution is 2.43. The first-order chi connectivity index (χ1) is 13.0. The lowest BCUT2D eigenvalue weighted by atomic mass is 9.67. The summed E-state index contributed by atoms with van der Waals surface area (Å²) in [5.41, 5.74) is 7.07. The third-order valence-electron chi connectivity index (χ3n) is 6.15. The fraction of sp³-hybridized carbons (Fsp3) is 0.571. The highest BCUT2D eigenvalue weighted by atomic mass is 35.5. The molecule has 0 atom stereocenters. The Morgan fingerprint density at radius 2 is 1.90 bits per heavy atom. The highest BCUT2D eigenvalue weighted by Gasteiger charge is 2.53. The number of carbonyl (C=O) groups is 3. The van der Waals surface area contributed by atoms with Crippen LogP contribution in [0.25, 0.3) is 0 Å². The van der Waals surface area contributed by atoms with E-state index < -0.39 is 17.5 Å². The molecule has 1 aliphatic carbocycles. The third-order valence-corrected chi connectivity index (χ3v) is 6.15. The zero-order valence-electron chi connectivity index (χ0n) is 17.5. The first-order valence-electron chi connectivity index (χ1n) is 9.82. The van der Waals surface area contributed by atoms with E-state index in [0.29, 0.717) is 30.1 Å². The predicted molar refractivity (Wildman–Crippen MR) is 116 cm³/mol. The van der Waals surface area contributed by atoms with Gasteiger partial charge in [0.1, 0.15) is 12.1 Å². The number of carbonyl (C=O) groups excluding carboxylic acids is 3. The van der Waals surface area contributed by atoms with E-state index >= 15 is 0 Å². The molecule has 0 bridgehead atoms. The lowest BCUT2D eigenvalue weighted by Gasteiger charge is -2.40. The first kappa shape index (κ1) is 23.0. The topological polar surface area (TPSA) is 105 Å². The van der Waals surface area contributed by atoms with Gasteiger partial charge in [-0.15, -0.1) is 12.4 Å². The standard InChI is InChI=1S/C21H30N4O3.ClH/c1-13-5-6-15(22)11-16(13)23-17(26)12-25-18(27)21(24-19(25)28)9-7-14(8-10-21)20(2,3)4;/h5-6,11,14H,7-10,12,22H2,1-4H3,(H,23,26)(H,24,28);1H. The van der Waals surface area contributed by atoms with Crippen molar-refractivity contribution in [2.24, 2.45) is 11.3 Å². The molecule has 1 spiro atoms. The Labute approximate surface area is 178 Å². The molecular formula is C21H31ClN4O3. The summed E-state index contributed by atoms with van der Waals surface area (Å²) in [6, 6.07) is 4.73. The lowest BCUT2D eigenvalue weighted by Crippen LogP contribution is -2.51. The van der Waals surface area contributed by atoms with Gasteiger partial charge in [0, 0.05) is 11.4 Å². The van der Waals surface area contributed by atoms with Crippen LogP contribution in [0.3, 0.4) is 0 Å². The molecule has 2 fully saturated rings. The molecule has 1 heterocycles. The number of aryl methyl sites for hydroxylation is 1. The molecule has 1 aromatic rings. The molecule has 0 aromatic heterocycles. The van der Waals surface area contributed by atoms with Crippen LogP contribution in [0.2, 0.25) is 0 Å². The molecule has 8 heteroatoms. The van der Waals surface area contributed by atoms with Crippen LogP contribution >= 0.6 is 12.4 Å². The van der Waals surface area contributed by atoms with E-state index in [1.54, 1.807) is 18.2 Å². The second-order valence-electron chi connectivity index (χ2n) is 9.17. The largest absolute Gasteiger partial charge is 0.399 e. The number of nitrogens with two attached hydrogens (primary N) is 1. The molecule has 1 saturated carbocycles. The van der Waals surface area contributed by atoms with Crippen LogP contribution in [-0.2, 0) is 9.59 Å². The average molecular weight is 423 g/mol. The summed E-state index contributed by atoms with van der Waals surface area (Å²) in [5, 5.41) is 5.61. The maximum Gasteiger partial charge on any atom is 0.325 e. The van der Waals surface area contributed by atoms with E-state index in [9.17, 15) is 14.4 Å². The summed E-state index contributed by atoms with van der Waals surface area (Å²) in [5.74, 6) is -0.186. The monoisotopic (exact) mass is 422 g/mol. The Morgan fingerprint density at radius 3 is 2.48 bits per heavy atom. The molecule has 1 aromatic carbocycles. The van der Waals surface area contributed by atoms with Gasteiger partial charge in [-0.05, 0) is 61.6 Å². The van der Waals surface area contributed by atoms with Gasteiger partial charge in [0.2, 0.25) is 5.91 Å². The van der Waals surface area contributed by atoms with Crippen LogP contribution in [0, 0.1) is 18.3 Å². The van der Waals surface area contributed by atoms with E-state index in [-0.39, 0.29) is 30.3 Å². The van der Waals surface area contributed by atoms with Crippen LogP contribution in [0.1, 0.15) is 52.0 Å². The van der Waals surface area contributed by atoms with Gasteiger partial charge in [-0.25, -0.2) is 4.79 Å². The van der Waals surface area contributed by atoms with Crippen LogP contribution in [0.4, 0.5) is 16.2 Å². The van der Waals surface area contributed by atoms with Crippen molar-refractivity contribution in [1.29, 1.82) is 0 Å². The number of halogens is 1. The fourth-order valence-electron chi connectivity index (χ4n) is 4.24. The number of nitrogens with zero attached hydrogens (tertiary/aromatic N) is 1. The second kappa shape index (κ2) is 8.22. The molecular weight excluding hydrogens is 392 g/mol. The summed E-state index contributed by atoms with van der Waals surface area (Å²) >= 11 is 0. The normalized spacial score (nSPS) is 24.3. The Balaban J connectivity index is 0.00000300. The van der Waals surface area contributed by atoms with Crippen molar-refractivity contribution in [1.82, 2.24) is 10.2 Å². The molecule has 1 saturated heterocycles. The van der Waals surface area contributed by atoms with Crippen molar-refractivity contribution in [3.05, 3.63) is 23.8 Å². The zero-order valence-corrected chi connectivity index (χ0v) is 18.3. The zero-order chi connectivity index (χ0) is 20.7. The summed E-state index contributed by atoms with van der Waals surface area (Å²) in [4.78, 5) is 38.9. The van der Waals surface area contributed by atoms with Crippen LogP contribution in [-0.4, -0.2) is 34.8 Å². The number of anilines is 2. The summed E-state index contributed by atoms with van der Waals surface area (Å²) in [6.45, 7) is 8.17. The summed E-state index contributed by atoms with van der Waals surface area (Å²) < 4.78 is 0. The lowest BCUT2D eigenvalue weighted by molar-refractivity contribution is -0.135. The van der Waals surface area contributed by atoms with Gasteiger partial charge in [0.05, 0.1) is 0 Å². The number of imide groups is 1. The van der Waals surface area contributed by atoms with Gasteiger partial charge < -0.3 is 16.4 Å². The molecule has 0 radical (unpaired) electrons. The Kier molecular flexibility index (Phi) is 6.52. The van der Waals surface area contributed by atoms with E-state index in [1.807, 2.05) is 6.92 Å². The minimum absolute atomic E-state index is 0. The number of nitrogens with one attached hydrogen (secondary N) is 2. The number of urea groups is 1. The van der Waals surface area contributed by atoms with E-state index in [1.165, 1.54) is 0 Å². The Hall–Kier alpha value is -2.28. The Morgan fingerprint density at radius 1 is 1.28 bits per heavy atom. The molecule has 3 rings (SSSR count). The van der Waals surface area contributed by atoms with Crippen molar-refractivity contribution in [3.8, 4) is 0 Å². The molecule has 4 N–H and O–H groups in total. The third kappa shape index (κ3) is 4.66. The second-order valence-corrected chi connectivity index (χ2v) is 9.17. The molecule has 2 aliphatic rings. The number of nitrogen functional groups attached to an aromatic ring is 1.